The van der Waals surface area contributed by atoms with Gasteiger partial charge >= 0.3 is 0 Å². The van der Waals surface area contributed by atoms with E-state index in [2.05, 4.69) is 31.5 Å². The number of carbonyl (C=O) groups excluding carboxylic acids is 2. The minimum absolute atomic E-state index is 0.0852. The number of hydrogen-bond donors (Lipinski definition) is 3. The molecule has 2 aliphatic heterocycles. The van der Waals surface area contributed by atoms with Crippen LogP contribution in [-0.2, 0) is 19.6 Å². The predicted octanol–water partition coefficient (Wildman–Crippen LogP) is 6.79. The first-order chi connectivity index (χ1) is 29.0. The van der Waals surface area contributed by atoms with Crippen molar-refractivity contribution in [3.63, 3.8) is 0 Å². The van der Waals surface area contributed by atoms with E-state index in [1.807, 2.05) is 115 Å². The Morgan fingerprint density at radius 1 is 0.683 bits per heavy atom. The van der Waals surface area contributed by atoms with E-state index in [4.69, 9.17) is 4.98 Å². The fourth-order valence-corrected chi connectivity index (χ4v) is 8.95. The van der Waals surface area contributed by atoms with Crippen molar-refractivity contribution in [2.45, 2.75) is 49.9 Å². The van der Waals surface area contributed by atoms with Gasteiger partial charge in [-0.1, -0.05) is 96.8 Å². The molecule has 2 fully saturated rings. The average molecular weight is 821 g/mol. The van der Waals surface area contributed by atoms with Gasteiger partial charge < -0.3 is 19.8 Å². The van der Waals surface area contributed by atoms with Gasteiger partial charge in [0, 0.05) is 24.2 Å². The Morgan fingerprint density at radius 3 is 1.58 bits per heavy atom. The third kappa shape index (κ3) is 8.96. The number of carbonyl (C=O) groups is 2. The second kappa shape index (κ2) is 17.5. The molecular weight excluding hydrogens is 773 g/mol. The second-order valence-electron chi connectivity index (χ2n) is 15.7. The first-order valence-electron chi connectivity index (χ1n) is 20.2. The molecule has 13 heteroatoms. The van der Waals surface area contributed by atoms with Gasteiger partial charge in [0.25, 0.3) is 0 Å². The Kier molecular flexibility index (Phi) is 11.8. The van der Waals surface area contributed by atoms with E-state index in [0.717, 1.165) is 70.5 Å². The van der Waals surface area contributed by atoms with E-state index >= 15 is 0 Å². The number of likely N-dealkylation sites (N-methyl/N-ethyl adjacent to an activating group) is 1. The van der Waals surface area contributed by atoms with Crippen LogP contribution in [-0.4, -0.2) is 88.3 Å². The van der Waals surface area contributed by atoms with Gasteiger partial charge in [0.2, 0.25) is 21.8 Å². The Balaban J connectivity index is 0.905. The molecule has 4 unspecified atom stereocenters. The average Bonchev–Trinajstić information content (AvgIpc) is 4.10. The molecule has 306 valence electrons. The van der Waals surface area contributed by atoms with Crippen LogP contribution in [0.1, 0.15) is 83.8 Å². The van der Waals surface area contributed by atoms with E-state index in [-0.39, 0.29) is 29.9 Å². The van der Waals surface area contributed by atoms with Crippen LogP contribution < -0.4 is 4.72 Å². The van der Waals surface area contributed by atoms with Crippen LogP contribution in [0.2, 0.25) is 0 Å². The summed E-state index contributed by atoms with van der Waals surface area (Å²) in [6, 6.07) is 33.0. The van der Waals surface area contributed by atoms with Crippen molar-refractivity contribution < 1.29 is 18.0 Å². The summed E-state index contributed by atoms with van der Waals surface area (Å²) in [5.74, 6) is 7.77. The number of sulfonamides is 1. The molecule has 0 spiro atoms. The summed E-state index contributed by atoms with van der Waals surface area (Å²) in [5.41, 5.74) is 6.92. The third-order valence-electron chi connectivity index (χ3n) is 11.2. The number of nitrogens with one attached hydrogen (secondary N) is 3. The summed E-state index contributed by atoms with van der Waals surface area (Å²) >= 11 is 0. The maximum Gasteiger partial charge on any atom is 0.245 e. The lowest BCUT2D eigenvalue weighted by Crippen LogP contribution is -2.42. The molecule has 8 rings (SSSR count). The van der Waals surface area contributed by atoms with Crippen molar-refractivity contribution in [3.05, 3.63) is 155 Å². The highest BCUT2D eigenvalue weighted by molar-refractivity contribution is 7.88. The highest BCUT2D eigenvalue weighted by Gasteiger charge is 2.38. The van der Waals surface area contributed by atoms with E-state index in [1.165, 1.54) is 0 Å². The molecule has 2 aromatic heterocycles. The van der Waals surface area contributed by atoms with Crippen molar-refractivity contribution in [2.24, 2.45) is 0 Å². The molecule has 4 atom stereocenters. The van der Waals surface area contributed by atoms with E-state index in [9.17, 15) is 18.0 Å². The minimum Gasteiger partial charge on any atom is -0.340 e. The van der Waals surface area contributed by atoms with Crippen LogP contribution in [0.3, 0.4) is 0 Å². The summed E-state index contributed by atoms with van der Waals surface area (Å²) in [7, 11) is 0.233. The maximum atomic E-state index is 13.9. The molecule has 0 saturated carbocycles. The highest BCUT2D eigenvalue weighted by atomic mass is 32.2. The van der Waals surface area contributed by atoms with Crippen LogP contribution in [0, 0.1) is 11.8 Å². The van der Waals surface area contributed by atoms with E-state index < -0.39 is 16.1 Å². The monoisotopic (exact) mass is 820 g/mol. The summed E-state index contributed by atoms with van der Waals surface area (Å²) in [5, 5.41) is 0. The molecule has 0 aliphatic carbocycles. The van der Waals surface area contributed by atoms with Gasteiger partial charge in [-0.15, -0.1) is 0 Å². The molecule has 4 heterocycles. The van der Waals surface area contributed by atoms with E-state index in [1.54, 1.807) is 35.4 Å². The van der Waals surface area contributed by atoms with Crippen LogP contribution in [0.25, 0.3) is 22.5 Å². The topological polar surface area (TPSA) is 147 Å². The van der Waals surface area contributed by atoms with Crippen LogP contribution in [0.4, 0.5) is 0 Å². The minimum atomic E-state index is -3.66. The number of aromatic amines is 2. The van der Waals surface area contributed by atoms with Crippen molar-refractivity contribution in [1.82, 2.24) is 39.4 Å². The zero-order chi connectivity index (χ0) is 41.8. The van der Waals surface area contributed by atoms with Crippen molar-refractivity contribution in [2.75, 3.05) is 33.4 Å². The largest absolute Gasteiger partial charge is 0.340 e. The van der Waals surface area contributed by atoms with Gasteiger partial charge in [0.15, 0.2) is 0 Å². The summed E-state index contributed by atoms with van der Waals surface area (Å²) in [6.45, 7) is 1.20. The van der Waals surface area contributed by atoms with Gasteiger partial charge in [-0.05, 0) is 86.3 Å². The fraction of sp³-hybridized carbons (Fsp3) is 0.277. The van der Waals surface area contributed by atoms with Crippen molar-refractivity contribution >= 4 is 21.8 Å². The summed E-state index contributed by atoms with van der Waals surface area (Å²) in [4.78, 5) is 49.7. The fourth-order valence-electron chi connectivity index (χ4n) is 8.29. The summed E-state index contributed by atoms with van der Waals surface area (Å²) < 4.78 is 27.0. The molecule has 6 aromatic rings. The van der Waals surface area contributed by atoms with Gasteiger partial charge in [-0.3, -0.25) is 14.5 Å². The zero-order valence-corrected chi connectivity index (χ0v) is 34.7. The number of likely N-dealkylation sites (tertiary alicyclic amines) is 2. The molecule has 2 amide bonds. The first-order valence-corrected chi connectivity index (χ1v) is 22.1. The summed E-state index contributed by atoms with van der Waals surface area (Å²) in [6.07, 6.45) is 7.95. The zero-order valence-electron chi connectivity index (χ0n) is 33.9. The Bertz CT molecular complexity index is 2610. The normalized spacial score (nSPS) is 17.7. The third-order valence-corrected chi connectivity index (χ3v) is 11.9. The Morgan fingerprint density at radius 2 is 1.13 bits per heavy atom. The predicted molar refractivity (Wildman–Crippen MR) is 231 cm³/mol. The van der Waals surface area contributed by atoms with Gasteiger partial charge in [-0.2, -0.15) is 4.72 Å². The SMILES string of the molecule is CN(C)C(C(=O)N1CCCC1c1ncc(-c2ccc(C#Cc3ccc(-c4cnc(C5CCCN5C(=O)C(NS(C)(=O)=O)c5ccccc5)[nH]4)cc3)cc2)[nH]1)c1ccccc1. The molecule has 2 saturated heterocycles. The van der Waals surface area contributed by atoms with Crippen molar-refractivity contribution in [1.29, 1.82) is 0 Å². The van der Waals surface area contributed by atoms with Gasteiger partial charge in [-0.25, -0.2) is 18.4 Å². The molecule has 4 aromatic carbocycles. The molecule has 3 N–H and O–H groups in total. The first kappa shape index (κ1) is 40.4. The van der Waals surface area contributed by atoms with Crippen LogP contribution >= 0.6 is 0 Å². The maximum absolute atomic E-state index is 13.9. The number of aromatic nitrogens is 4. The standard InChI is InChI=1S/C47H48N8O4S/c1-53(2)43(37-14-8-5-9-15-37)47(57)55-29-11-17-41(55)45-49-31-39(51-45)35-26-22-33(23-27-35)19-18-32-20-24-34(25-21-32)38-30-48-44(50-38)40-16-10-28-54(40)46(56)42(52-60(3,58)59)36-12-6-4-7-13-36/h4-9,12-15,20-27,30-31,40-43,52H,10-11,16-17,28-29H2,1-3H3,(H,48,50)(H,49,51). The van der Waals surface area contributed by atoms with E-state index in [0.29, 0.717) is 30.9 Å². The quantitative estimate of drug-likeness (QED) is 0.122. The van der Waals surface area contributed by atoms with Gasteiger partial charge in [0.1, 0.15) is 23.7 Å². The molecule has 0 bridgehead atoms. The lowest BCUT2D eigenvalue weighted by atomic mass is 10.0. The molecule has 2 aliphatic rings. The Hall–Kier alpha value is -6.33. The van der Waals surface area contributed by atoms with Crippen molar-refractivity contribution in [3.8, 4) is 34.4 Å². The number of nitrogens with zero attached hydrogens (tertiary/aromatic N) is 5. The number of H-pyrrole nitrogens is 2. The smallest absolute Gasteiger partial charge is 0.245 e. The van der Waals surface area contributed by atoms with Crippen LogP contribution in [0.5, 0.6) is 0 Å². The highest BCUT2D eigenvalue weighted by Crippen LogP contribution is 2.36. The number of benzene rings is 4. The molecule has 60 heavy (non-hydrogen) atoms. The van der Waals surface area contributed by atoms with Crippen LogP contribution in [0.15, 0.2) is 122 Å². The molecule has 12 nitrogen and oxygen atoms in total. The number of hydrogen-bond acceptors (Lipinski definition) is 7. The second-order valence-corrected chi connectivity index (χ2v) is 17.4. The number of amides is 2. The number of rotatable bonds is 11. The Labute approximate surface area is 351 Å². The number of imidazole rings is 2. The molecule has 0 radical (unpaired) electrons. The molecular formula is C47H48N8O4S. The lowest BCUT2D eigenvalue weighted by molar-refractivity contribution is -0.137. The van der Waals surface area contributed by atoms with Gasteiger partial charge in [0.05, 0.1) is 42.1 Å². The lowest BCUT2D eigenvalue weighted by Gasteiger charge is -2.31.